The van der Waals surface area contributed by atoms with Crippen LogP contribution in [-0.4, -0.2) is 75.5 Å². The summed E-state index contributed by atoms with van der Waals surface area (Å²) in [7, 11) is 3.88. The lowest BCUT2D eigenvalue weighted by atomic mass is 10.1. The van der Waals surface area contributed by atoms with Gasteiger partial charge in [0.2, 0.25) is 0 Å². The van der Waals surface area contributed by atoms with E-state index >= 15 is 0 Å². The molecule has 0 aromatic heterocycles. The molecule has 0 saturated carbocycles. The molecule has 2 fully saturated rings. The Balaban J connectivity index is 1.36. The van der Waals surface area contributed by atoms with E-state index in [4.69, 9.17) is 14.2 Å². The summed E-state index contributed by atoms with van der Waals surface area (Å²) in [6, 6.07) is 8.32. The molecule has 2 atom stereocenters. The lowest BCUT2D eigenvalue weighted by Crippen LogP contribution is -2.48. The fourth-order valence-electron chi connectivity index (χ4n) is 3.27. The van der Waals surface area contributed by atoms with Gasteiger partial charge in [-0.2, -0.15) is 0 Å². The average Bonchev–Trinajstić information content (AvgIpc) is 2.97. The van der Waals surface area contributed by atoms with Crippen LogP contribution in [0, 0.1) is 0 Å². The summed E-state index contributed by atoms with van der Waals surface area (Å²) in [5.74, 6) is 1.76. The molecule has 1 aromatic rings. The van der Waals surface area contributed by atoms with E-state index in [1.807, 2.05) is 24.3 Å². The largest absolute Gasteiger partial charge is 0.497 e. The van der Waals surface area contributed by atoms with Crippen LogP contribution in [0.15, 0.2) is 24.3 Å². The number of morpholine rings is 1. The van der Waals surface area contributed by atoms with Crippen LogP contribution in [0.2, 0.25) is 0 Å². The van der Waals surface area contributed by atoms with Crippen molar-refractivity contribution in [2.75, 3.05) is 53.6 Å². The maximum absolute atomic E-state index is 5.87. The van der Waals surface area contributed by atoms with E-state index in [0.29, 0.717) is 12.1 Å². The molecule has 5 heteroatoms. The highest BCUT2D eigenvalue weighted by atomic mass is 16.5. The summed E-state index contributed by atoms with van der Waals surface area (Å²) >= 11 is 0. The van der Waals surface area contributed by atoms with Crippen molar-refractivity contribution in [1.29, 1.82) is 0 Å². The maximum atomic E-state index is 5.87. The van der Waals surface area contributed by atoms with Gasteiger partial charge in [-0.1, -0.05) is 0 Å². The molecule has 0 bridgehead atoms. The number of fused-ring (bicyclic) bond motifs is 1. The molecule has 2 aliphatic rings. The number of likely N-dealkylation sites (tertiary alicyclic amines) is 1. The molecule has 1 aromatic carbocycles. The zero-order valence-electron chi connectivity index (χ0n) is 13.5. The van der Waals surface area contributed by atoms with Gasteiger partial charge < -0.3 is 14.2 Å². The number of hydrogen-bond donors (Lipinski definition) is 0. The van der Waals surface area contributed by atoms with Gasteiger partial charge in [0.1, 0.15) is 11.5 Å². The minimum atomic E-state index is 0.390. The van der Waals surface area contributed by atoms with E-state index in [2.05, 4.69) is 16.8 Å². The number of ether oxygens (including phenoxy) is 3. The fourth-order valence-corrected chi connectivity index (χ4v) is 3.27. The molecule has 3 rings (SSSR count). The monoisotopic (exact) mass is 306 g/mol. The normalized spacial score (nSPS) is 25.9. The molecule has 2 heterocycles. The number of nitrogens with zero attached hydrogens (tertiary/aromatic N) is 2. The molecule has 0 spiro atoms. The highest BCUT2D eigenvalue weighted by Gasteiger charge is 2.37. The first-order chi connectivity index (χ1) is 10.8. The Morgan fingerprint density at radius 2 is 1.95 bits per heavy atom. The van der Waals surface area contributed by atoms with Crippen LogP contribution in [0.4, 0.5) is 0 Å². The second-order valence-electron chi connectivity index (χ2n) is 6.09. The fraction of sp³-hybridized carbons (Fsp3) is 0.647. The van der Waals surface area contributed by atoms with Crippen LogP contribution in [0.3, 0.4) is 0 Å². The highest BCUT2D eigenvalue weighted by molar-refractivity contribution is 5.31. The predicted octanol–water partition coefficient (Wildman–Crippen LogP) is 1.48. The van der Waals surface area contributed by atoms with Crippen molar-refractivity contribution >= 4 is 0 Å². The number of methoxy groups -OCH3 is 1. The molecule has 5 nitrogen and oxygen atoms in total. The van der Waals surface area contributed by atoms with Gasteiger partial charge in [-0.3, -0.25) is 9.80 Å². The van der Waals surface area contributed by atoms with Crippen molar-refractivity contribution < 1.29 is 14.2 Å². The molecule has 0 radical (unpaired) electrons. The quantitative estimate of drug-likeness (QED) is 0.744. The minimum absolute atomic E-state index is 0.390. The van der Waals surface area contributed by atoms with E-state index in [-0.39, 0.29) is 0 Å². The lowest BCUT2D eigenvalue weighted by molar-refractivity contribution is -0.0369. The Morgan fingerprint density at radius 3 is 2.68 bits per heavy atom. The summed E-state index contributed by atoms with van der Waals surface area (Å²) in [5, 5.41) is 0. The Morgan fingerprint density at radius 1 is 1.18 bits per heavy atom. The second-order valence-corrected chi connectivity index (χ2v) is 6.09. The Hall–Kier alpha value is -1.30. The van der Waals surface area contributed by atoms with E-state index in [0.717, 1.165) is 57.3 Å². The molecular weight excluding hydrogens is 280 g/mol. The number of benzene rings is 1. The van der Waals surface area contributed by atoms with Gasteiger partial charge in [0.15, 0.2) is 0 Å². The van der Waals surface area contributed by atoms with Gasteiger partial charge >= 0.3 is 0 Å². The van der Waals surface area contributed by atoms with E-state index in [1.165, 1.54) is 0 Å². The minimum Gasteiger partial charge on any atom is -0.497 e. The SMILES string of the molecule is COc1ccc(OCCCN2C[C@@H]3[C@@H](C2)OCCN3C)cc1. The number of likely N-dealkylation sites (N-methyl/N-ethyl adjacent to an activating group) is 1. The zero-order valence-corrected chi connectivity index (χ0v) is 13.5. The maximum Gasteiger partial charge on any atom is 0.119 e. The van der Waals surface area contributed by atoms with Crippen LogP contribution >= 0.6 is 0 Å². The third-order valence-corrected chi connectivity index (χ3v) is 4.60. The molecule has 0 N–H and O–H groups in total. The zero-order chi connectivity index (χ0) is 15.4. The molecule has 2 aliphatic heterocycles. The van der Waals surface area contributed by atoms with Crippen molar-refractivity contribution in [1.82, 2.24) is 9.80 Å². The van der Waals surface area contributed by atoms with Crippen molar-refractivity contribution in [2.45, 2.75) is 18.6 Å². The summed E-state index contributed by atoms with van der Waals surface area (Å²) in [5.41, 5.74) is 0. The summed E-state index contributed by atoms with van der Waals surface area (Å²) in [6.45, 7) is 5.90. The predicted molar refractivity (Wildman–Crippen MR) is 85.7 cm³/mol. The summed E-state index contributed by atoms with van der Waals surface area (Å²) < 4.78 is 16.8. The van der Waals surface area contributed by atoms with Crippen LogP contribution in [0.5, 0.6) is 11.5 Å². The second kappa shape index (κ2) is 7.31. The Labute approximate surface area is 132 Å². The topological polar surface area (TPSA) is 34.2 Å². The molecule has 22 heavy (non-hydrogen) atoms. The van der Waals surface area contributed by atoms with Gasteiger partial charge in [0.05, 0.1) is 26.4 Å². The average molecular weight is 306 g/mol. The van der Waals surface area contributed by atoms with Crippen LogP contribution in [0.1, 0.15) is 6.42 Å². The lowest BCUT2D eigenvalue weighted by Gasteiger charge is -2.33. The van der Waals surface area contributed by atoms with Gasteiger partial charge in [0, 0.05) is 32.2 Å². The van der Waals surface area contributed by atoms with Gasteiger partial charge in [-0.05, 0) is 37.7 Å². The highest BCUT2D eigenvalue weighted by Crippen LogP contribution is 2.22. The van der Waals surface area contributed by atoms with E-state index in [1.54, 1.807) is 7.11 Å². The summed E-state index contributed by atoms with van der Waals surface area (Å²) in [4.78, 5) is 4.93. The number of hydrogen-bond acceptors (Lipinski definition) is 5. The number of rotatable bonds is 6. The van der Waals surface area contributed by atoms with Gasteiger partial charge in [0.25, 0.3) is 0 Å². The van der Waals surface area contributed by atoms with E-state index in [9.17, 15) is 0 Å². The van der Waals surface area contributed by atoms with Crippen LogP contribution < -0.4 is 9.47 Å². The van der Waals surface area contributed by atoms with Gasteiger partial charge in [-0.25, -0.2) is 0 Å². The third-order valence-electron chi connectivity index (χ3n) is 4.60. The Bertz CT molecular complexity index is 465. The first kappa shape index (κ1) is 15.6. The Kier molecular flexibility index (Phi) is 5.18. The van der Waals surface area contributed by atoms with Crippen LogP contribution in [0.25, 0.3) is 0 Å². The van der Waals surface area contributed by atoms with Crippen molar-refractivity contribution in [2.24, 2.45) is 0 Å². The van der Waals surface area contributed by atoms with E-state index < -0.39 is 0 Å². The molecular formula is C17H26N2O3. The first-order valence-corrected chi connectivity index (χ1v) is 8.07. The van der Waals surface area contributed by atoms with Crippen molar-refractivity contribution in [3.63, 3.8) is 0 Å². The smallest absolute Gasteiger partial charge is 0.119 e. The standard InChI is InChI=1S/C17H26N2O3/c1-18-9-11-22-17-13-19(12-16(17)18)8-3-10-21-15-6-4-14(20-2)5-7-15/h4-7,16-17H,3,8-13H2,1-2H3/t16-,17-/m1/s1. The third kappa shape index (κ3) is 3.72. The van der Waals surface area contributed by atoms with Crippen LogP contribution in [-0.2, 0) is 4.74 Å². The van der Waals surface area contributed by atoms with Crippen molar-refractivity contribution in [3.8, 4) is 11.5 Å². The van der Waals surface area contributed by atoms with Gasteiger partial charge in [-0.15, -0.1) is 0 Å². The molecule has 0 amide bonds. The molecule has 0 aliphatic carbocycles. The molecule has 2 saturated heterocycles. The summed E-state index contributed by atoms with van der Waals surface area (Å²) in [6.07, 6.45) is 1.43. The first-order valence-electron chi connectivity index (χ1n) is 8.07. The van der Waals surface area contributed by atoms with Crippen molar-refractivity contribution in [3.05, 3.63) is 24.3 Å². The molecule has 122 valence electrons. The molecule has 0 unspecified atom stereocenters.